The predicted octanol–water partition coefficient (Wildman–Crippen LogP) is 3.45. The number of anilines is 1. The van der Waals surface area contributed by atoms with Crippen LogP contribution in [0.15, 0.2) is 73.1 Å². The van der Waals surface area contributed by atoms with Gasteiger partial charge in [0.1, 0.15) is 5.75 Å². The van der Waals surface area contributed by atoms with Crippen molar-refractivity contribution in [3.05, 3.63) is 78.6 Å². The molecular weight excluding hydrogens is 338 g/mol. The Morgan fingerprint density at radius 1 is 0.852 bits per heavy atom. The summed E-state index contributed by atoms with van der Waals surface area (Å²) in [5.74, 6) is 0.946. The summed E-state index contributed by atoms with van der Waals surface area (Å²) < 4.78 is 7.32. The summed E-state index contributed by atoms with van der Waals surface area (Å²) in [6.07, 6.45) is 3.97. The van der Waals surface area contributed by atoms with E-state index in [2.05, 4.69) is 11.0 Å². The van der Waals surface area contributed by atoms with Gasteiger partial charge in [0.05, 0.1) is 7.11 Å². The molecule has 5 nitrogen and oxygen atoms in total. The monoisotopic (exact) mass is 361 g/mol. The quantitative estimate of drug-likeness (QED) is 0.714. The molecule has 0 N–H and O–H groups in total. The Labute approximate surface area is 159 Å². The van der Waals surface area contributed by atoms with Crippen LogP contribution in [-0.4, -0.2) is 48.7 Å². The maximum atomic E-state index is 12.9. The molecule has 138 valence electrons. The fraction of sp³-hybridized carbons (Fsp3) is 0.227. The number of nitrogens with zero attached hydrogens (tertiary/aromatic N) is 3. The third-order valence-corrected chi connectivity index (χ3v) is 4.98. The van der Waals surface area contributed by atoms with Crippen molar-refractivity contribution in [1.82, 2.24) is 9.47 Å². The average Bonchev–Trinajstić information content (AvgIpc) is 3.28. The van der Waals surface area contributed by atoms with Crippen molar-refractivity contribution >= 4 is 11.6 Å². The Hall–Kier alpha value is -3.21. The van der Waals surface area contributed by atoms with Gasteiger partial charge in [0.25, 0.3) is 5.91 Å². The average molecular weight is 361 g/mol. The van der Waals surface area contributed by atoms with Gasteiger partial charge >= 0.3 is 0 Å². The minimum absolute atomic E-state index is 0.0919. The van der Waals surface area contributed by atoms with Crippen LogP contribution in [-0.2, 0) is 0 Å². The molecule has 2 aromatic carbocycles. The van der Waals surface area contributed by atoms with Crippen LogP contribution >= 0.6 is 0 Å². The number of rotatable bonds is 4. The molecule has 2 heterocycles. The highest BCUT2D eigenvalue weighted by molar-refractivity contribution is 5.95. The number of carbonyl (C=O) groups excluding carboxylic acids is 1. The smallest absolute Gasteiger partial charge is 0.254 e. The lowest BCUT2D eigenvalue weighted by molar-refractivity contribution is 0.0746. The first-order valence-electron chi connectivity index (χ1n) is 9.16. The number of ether oxygens (including phenoxy) is 1. The molecule has 1 aliphatic rings. The molecule has 27 heavy (non-hydrogen) atoms. The van der Waals surface area contributed by atoms with Gasteiger partial charge in [-0.2, -0.15) is 0 Å². The molecule has 1 aromatic heterocycles. The topological polar surface area (TPSA) is 37.7 Å². The van der Waals surface area contributed by atoms with Gasteiger partial charge in [-0.15, -0.1) is 0 Å². The lowest BCUT2D eigenvalue weighted by Gasteiger charge is -2.36. The van der Waals surface area contributed by atoms with Crippen molar-refractivity contribution in [2.24, 2.45) is 0 Å². The van der Waals surface area contributed by atoms with E-state index in [1.54, 1.807) is 7.11 Å². The lowest BCUT2D eigenvalue weighted by Crippen LogP contribution is -2.48. The number of hydrogen-bond donors (Lipinski definition) is 0. The molecule has 4 rings (SSSR count). The van der Waals surface area contributed by atoms with Crippen LogP contribution in [0.25, 0.3) is 5.69 Å². The van der Waals surface area contributed by atoms with Crippen LogP contribution in [0.3, 0.4) is 0 Å². The molecular formula is C22H23N3O2. The van der Waals surface area contributed by atoms with E-state index in [-0.39, 0.29) is 5.91 Å². The molecule has 0 spiro atoms. The van der Waals surface area contributed by atoms with E-state index in [0.29, 0.717) is 13.1 Å². The van der Waals surface area contributed by atoms with Crippen LogP contribution in [0.2, 0.25) is 0 Å². The Balaban J connectivity index is 1.43. The molecule has 0 radical (unpaired) electrons. The van der Waals surface area contributed by atoms with E-state index >= 15 is 0 Å². The number of amides is 1. The largest absolute Gasteiger partial charge is 0.497 e. The summed E-state index contributed by atoms with van der Waals surface area (Å²) >= 11 is 0. The minimum Gasteiger partial charge on any atom is -0.497 e. The third kappa shape index (κ3) is 3.67. The van der Waals surface area contributed by atoms with Gasteiger partial charge in [-0.3, -0.25) is 4.79 Å². The fourth-order valence-electron chi connectivity index (χ4n) is 3.46. The van der Waals surface area contributed by atoms with Gasteiger partial charge in [0.2, 0.25) is 0 Å². The van der Waals surface area contributed by atoms with Crippen LogP contribution in [0, 0.1) is 0 Å². The maximum Gasteiger partial charge on any atom is 0.254 e. The van der Waals surface area contributed by atoms with E-state index in [1.807, 2.05) is 76.5 Å². The van der Waals surface area contributed by atoms with E-state index < -0.39 is 0 Å². The van der Waals surface area contributed by atoms with E-state index in [0.717, 1.165) is 35.8 Å². The van der Waals surface area contributed by atoms with E-state index in [4.69, 9.17) is 4.74 Å². The van der Waals surface area contributed by atoms with Gasteiger partial charge < -0.3 is 19.1 Å². The Morgan fingerprint density at radius 3 is 2.30 bits per heavy atom. The summed E-state index contributed by atoms with van der Waals surface area (Å²) in [5.41, 5.74) is 2.87. The number of methoxy groups -OCH3 is 1. The molecule has 1 saturated heterocycles. The summed E-state index contributed by atoms with van der Waals surface area (Å²) in [5, 5.41) is 0. The summed E-state index contributed by atoms with van der Waals surface area (Å²) in [4.78, 5) is 17.2. The van der Waals surface area contributed by atoms with Crippen molar-refractivity contribution in [2.45, 2.75) is 0 Å². The zero-order chi connectivity index (χ0) is 18.6. The molecule has 0 unspecified atom stereocenters. The highest BCUT2D eigenvalue weighted by Crippen LogP contribution is 2.22. The van der Waals surface area contributed by atoms with Gasteiger partial charge in [0.15, 0.2) is 0 Å². The Kier molecular flexibility index (Phi) is 4.83. The predicted molar refractivity (Wildman–Crippen MR) is 107 cm³/mol. The van der Waals surface area contributed by atoms with Gasteiger partial charge in [-0.25, -0.2) is 0 Å². The molecule has 3 aromatic rings. The van der Waals surface area contributed by atoms with Crippen molar-refractivity contribution in [3.8, 4) is 11.4 Å². The van der Waals surface area contributed by atoms with Gasteiger partial charge in [-0.05, 0) is 42.5 Å². The van der Waals surface area contributed by atoms with Crippen LogP contribution in [0.1, 0.15) is 10.4 Å². The second kappa shape index (κ2) is 7.58. The SMILES string of the molecule is COc1cccc(N2CCN(C(=O)c3cccc(-n4cccc4)c3)CC2)c1. The molecule has 0 bridgehead atoms. The standard InChI is InChI=1S/C22H23N3O2/c1-27-21-9-5-8-20(17-21)24-12-14-25(15-13-24)22(26)18-6-4-7-19(16-18)23-10-2-3-11-23/h2-11,16-17H,12-15H2,1H3. The fourth-order valence-corrected chi connectivity index (χ4v) is 3.46. The lowest BCUT2D eigenvalue weighted by atomic mass is 10.1. The molecule has 5 heteroatoms. The van der Waals surface area contributed by atoms with E-state index in [1.165, 1.54) is 0 Å². The van der Waals surface area contributed by atoms with Crippen molar-refractivity contribution in [1.29, 1.82) is 0 Å². The number of carbonyl (C=O) groups is 1. The summed E-state index contributed by atoms with van der Waals surface area (Å²) in [7, 11) is 1.68. The first kappa shape index (κ1) is 17.2. The van der Waals surface area contributed by atoms with Crippen LogP contribution in [0.4, 0.5) is 5.69 Å². The Morgan fingerprint density at radius 2 is 1.56 bits per heavy atom. The number of hydrogen-bond acceptors (Lipinski definition) is 3. The molecule has 0 aliphatic carbocycles. The molecule has 1 fully saturated rings. The zero-order valence-electron chi connectivity index (χ0n) is 15.4. The van der Waals surface area contributed by atoms with Crippen molar-refractivity contribution in [2.75, 3.05) is 38.2 Å². The van der Waals surface area contributed by atoms with E-state index in [9.17, 15) is 4.79 Å². The number of piperazine rings is 1. The zero-order valence-corrected chi connectivity index (χ0v) is 15.4. The first-order chi connectivity index (χ1) is 13.2. The Bertz CT molecular complexity index is 913. The third-order valence-electron chi connectivity index (χ3n) is 4.98. The summed E-state index contributed by atoms with van der Waals surface area (Å²) in [6.45, 7) is 3.06. The van der Waals surface area contributed by atoms with Crippen molar-refractivity contribution < 1.29 is 9.53 Å². The summed E-state index contributed by atoms with van der Waals surface area (Å²) in [6, 6.07) is 19.8. The van der Waals surface area contributed by atoms with Crippen molar-refractivity contribution in [3.63, 3.8) is 0 Å². The van der Waals surface area contributed by atoms with Crippen LogP contribution in [0.5, 0.6) is 5.75 Å². The highest BCUT2D eigenvalue weighted by Gasteiger charge is 2.22. The minimum atomic E-state index is 0.0919. The second-order valence-electron chi connectivity index (χ2n) is 6.62. The first-order valence-corrected chi connectivity index (χ1v) is 9.16. The molecule has 1 amide bonds. The molecule has 1 aliphatic heterocycles. The molecule has 0 saturated carbocycles. The molecule has 0 atom stereocenters. The van der Waals surface area contributed by atoms with Gasteiger partial charge in [-0.1, -0.05) is 12.1 Å². The van der Waals surface area contributed by atoms with Crippen LogP contribution < -0.4 is 9.64 Å². The number of aromatic nitrogens is 1. The second-order valence-corrected chi connectivity index (χ2v) is 6.62. The number of benzene rings is 2. The van der Waals surface area contributed by atoms with Gasteiger partial charge in [0, 0.05) is 61.6 Å². The normalized spacial score (nSPS) is 14.3. The maximum absolute atomic E-state index is 12.9. The highest BCUT2D eigenvalue weighted by atomic mass is 16.5.